The van der Waals surface area contributed by atoms with Gasteiger partial charge in [0, 0.05) is 18.7 Å². The molecule has 3 nitrogen and oxygen atoms in total. The number of benzene rings is 1. The molecule has 0 spiro atoms. The summed E-state index contributed by atoms with van der Waals surface area (Å²) >= 11 is 0. The first-order chi connectivity index (χ1) is 8.17. The van der Waals surface area contributed by atoms with Crippen LogP contribution >= 0.6 is 24.0 Å². The highest BCUT2D eigenvalue weighted by Gasteiger charge is 2.03. The van der Waals surface area contributed by atoms with Crippen LogP contribution in [0.3, 0.4) is 0 Å². The first kappa shape index (κ1) is 17.1. The standard InChI is InChI=1S/C12H17F2N3.HI/c1-3-15-12(16-4-2)17-8-9-7-10(13)5-6-11(9)14;/h5-7H,3-4,8H2,1-2H3,(H2,15,16,17);1H. The van der Waals surface area contributed by atoms with Gasteiger partial charge in [0.05, 0.1) is 6.54 Å². The Morgan fingerprint density at radius 3 is 2.33 bits per heavy atom. The summed E-state index contributed by atoms with van der Waals surface area (Å²) in [5.41, 5.74) is 0.248. The van der Waals surface area contributed by atoms with Gasteiger partial charge in [0.25, 0.3) is 0 Å². The Hall–Kier alpha value is -0.920. The fourth-order valence-corrected chi connectivity index (χ4v) is 1.34. The Labute approximate surface area is 123 Å². The van der Waals surface area contributed by atoms with Crippen LogP contribution in [-0.2, 0) is 6.54 Å². The summed E-state index contributed by atoms with van der Waals surface area (Å²) in [5, 5.41) is 6.02. The molecule has 1 aromatic carbocycles. The smallest absolute Gasteiger partial charge is 0.191 e. The Morgan fingerprint density at radius 1 is 1.17 bits per heavy atom. The van der Waals surface area contributed by atoms with E-state index in [1.807, 2.05) is 13.8 Å². The van der Waals surface area contributed by atoms with Crippen LogP contribution < -0.4 is 10.6 Å². The molecule has 2 N–H and O–H groups in total. The first-order valence-electron chi connectivity index (χ1n) is 5.63. The van der Waals surface area contributed by atoms with Crippen molar-refractivity contribution in [3.05, 3.63) is 35.4 Å². The third kappa shape index (κ3) is 5.61. The van der Waals surface area contributed by atoms with Crippen molar-refractivity contribution < 1.29 is 8.78 Å². The van der Waals surface area contributed by atoms with E-state index < -0.39 is 11.6 Å². The average molecular weight is 369 g/mol. The Kier molecular flexibility index (Phi) is 8.61. The molecule has 0 unspecified atom stereocenters. The quantitative estimate of drug-likeness (QED) is 0.487. The summed E-state index contributed by atoms with van der Waals surface area (Å²) in [5.74, 6) is -0.300. The number of nitrogens with one attached hydrogen (secondary N) is 2. The lowest BCUT2D eigenvalue weighted by Gasteiger charge is -2.09. The van der Waals surface area contributed by atoms with Gasteiger partial charge in [-0.3, -0.25) is 0 Å². The van der Waals surface area contributed by atoms with Gasteiger partial charge in [0.2, 0.25) is 0 Å². The van der Waals surface area contributed by atoms with Gasteiger partial charge >= 0.3 is 0 Å². The lowest BCUT2D eigenvalue weighted by molar-refractivity contribution is 0.585. The van der Waals surface area contributed by atoms with Crippen molar-refractivity contribution in [2.45, 2.75) is 20.4 Å². The van der Waals surface area contributed by atoms with Crippen LogP contribution in [0.1, 0.15) is 19.4 Å². The SMILES string of the molecule is CCNC(=NCc1cc(F)ccc1F)NCC.I. The molecule has 0 bridgehead atoms. The molecule has 0 aromatic heterocycles. The molecule has 0 atom stereocenters. The van der Waals surface area contributed by atoms with E-state index in [1.54, 1.807) is 0 Å². The molecule has 0 heterocycles. The second kappa shape index (κ2) is 9.07. The van der Waals surface area contributed by atoms with Gasteiger partial charge in [0.15, 0.2) is 5.96 Å². The minimum Gasteiger partial charge on any atom is -0.357 e. The van der Waals surface area contributed by atoms with Crippen LogP contribution in [0.5, 0.6) is 0 Å². The summed E-state index contributed by atoms with van der Waals surface area (Å²) in [6, 6.07) is 3.37. The fourth-order valence-electron chi connectivity index (χ4n) is 1.34. The molecule has 0 amide bonds. The normalized spacial score (nSPS) is 9.33. The predicted molar refractivity (Wildman–Crippen MR) is 80.3 cm³/mol. The number of rotatable bonds is 4. The Bertz CT molecular complexity index is 389. The van der Waals surface area contributed by atoms with Crippen LogP contribution in [0.15, 0.2) is 23.2 Å². The number of hydrogen-bond donors (Lipinski definition) is 2. The molecule has 0 fully saturated rings. The average Bonchev–Trinajstić information content (AvgIpc) is 2.30. The van der Waals surface area contributed by atoms with E-state index in [-0.39, 0.29) is 36.1 Å². The van der Waals surface area contributed by atoms with Crippen LogP contribution in [0.25, 0.3) is 0 Å². The van der Waals surface area contributed by atoms with Crippen molar-refractivity contribution in [2.75, 3.05) is 13.1 Å². The summed E-state index contributed by atoms with van der Waals surface area (Å²) < 4.78 is 26.2. The molecule has 102 valence electrons. The monoisotopic (exact) mass is 369 g/mol. The van der Waals surface area contributed by atoms with Crippen molar-refractivity contribution in [3.63, 3.8) is 0 Å². The fraction of sp³-hybridized carbons (Fsp3) is 0.417. The number of hydrogen-bond acceptors (Lipinski definition) is 1. The molecule has 0 saturated carbocycles. The molecule has 0 aliphatic heterocycles. The van der Waals surface area contributed by atoms with Crippen LogP contribution in [0.4, 0.5) is 8.78 Å². The zero-order valence-corrected chi connectivity index (χ0v) is 12.8. The topological polar surface area (TPSA) is 36.4 Å². The van der Waals surface area contributed by atoms with Crippen molar-refractivity contribution in [1.82, 2.24) is 10.6 Å². The second-order valence-electron chi connectivity index (χ2n) is 3.46. The largest absolute Gasteiger partial charge is 0.357 e. The van der Waals surface area contributed by atoms with Gasteiger partial charge < -0.3 is 10.6 Å². The molecular weight excluding hydrogens is 351 g/mol. The van der Waals surface area contributed by atoms with Gasteiger partial charge in [-0.2, -0.15) is 0 Å². The minimum absolute atomic E-state index is 0. The van der Waals surface area contributed by atoms with E-state index in [4.69, 9.17) is 0 Å². The number of guanidine groups is 1. The van der Waals surface area contributed by atoms with Gasteiger partial charge in [-0.25, -0.2) is 13.8 Å². The summed E-state index contributed by atoms with van der Waals surface area (Å²) in [6.45, 7) is 5.43. The van der Waals surface area contributed by atoms with Crippen LogP contribution in [0.2, 0.25) is 0 Å². The van der Waals surface area contributed by atoms with Crippen LogP contribution in [0, 0.1) is 11.6 Å². The number of nitrogens with zero attached hydrogens (tertiary/aromatic N) is 1. The van der Waals surface area contributed by atoms with Crippen molar-refractivity contribution >= 4 is 29.9 Å². The summed E-state index contributed by atoms with van der Waals surface area (Å²) in [6.07, 6.45) is 0. The molecule has 1 aromatic rings. The third-order valence-corrected chi connectivity index (χ3v) is 2.10. The highest BCUT2D eigenvalue weighted by atomic mass is 127. The molecule has 0 saturated heterocycles. The van der Waals surface area contributed by atoms with E-state index in [0.717, 1.165) is 31.3 Å². The highest BCUT2D eigenvalue weighted by Crippen LogP contribution is 2.10. The van der Waals surface area contributed by atoms with Gasteiger partial charge in [0.1, 0.15) is 11.6 Å². The van der Waals surface area contributed by atoms with E-state index in [2.05, 4.69) is 15.6 Å². The molecule has 0 radical (unpaired) electrons. The van der Waals surface area contributed by atoms with E-state index in [9.17, 15) is 8.78 Å². The minimum atomic E-state index is -0.454. The maximum absolute atomic E-state index is 13.3. The van der Waals surface area contributed by atoms with Crippen LogP contribution in [-0.4, -0.2) is 19.0 Å². The number of aliphatic imine (C=N–C) groups is 1. The molecule has 18 heavy (non-hydrogen) atoms. The van der Waals surface area contributed by atoms with E-state index in [1.165, 1.54) is 0 Å². The summed E-state index contributed by atoms with van der Waals surface area (Å²) in [7, 11) is 0. The van der Waals surface area contributed by atoms with Crippen molar-refractivity contribution in [2.24, 2.45) is 4.99 Å². The Morgan fingerprint density at radius 2 is 1.78 bits per heavy atom. The van der Waals surface area contributed by atoms with Gasteiger partial charge in [-0.05, 0) is 32.0 Å². The van der Waals surface area contributed by atoms with E-state index in [0.29, 0.717) is 5.96 Å². The lowest BCUT2D eigenvalue weighted by atomic mass is 10.2. The molecule has 0 aliphatic rings. The lowest BCUT2D eigenvalue weighted by Crippen LogP contribution is -2.37. The van der Waals surface area contributed by atoms with Gasteiger partial charge in [-0.15, -0.1) is 24.0 Å². The predicted octanol–water partition coefficient (Wildman–Crippen LogP) is 2.66. The summed E-state index contributed by atoms with van der Waals surface area (Å²) in [4.78, 5) is 4.16. The van der Waals surface area contributed by atoms with Gasteiger partial charge in [-0.1, -0.05) is 0 Å². The highest BCUT2D eigenvalue weighted by molar-refractivity contribution is 14.0. The first-order valence-corrected chi connectivity index (χ1v) is 5.63. The Balaban J connectivity index is 0.00000289. The van der Waals surface area contributed by atoms with E-state index >= 15 is 0 Å². The molecule has 1 rings (SSSR count). The molecule has 0 aliphatic carbocycles. The van der Waals surface area contributed by atoms with Crippen molar-refractivity contribution in [1.29, 1.82) is 0 Å². The second-order valence-corrected chi connectivity index (χ2v) is 3.46. The zero-order chi connectivity index (χ0) is 12.7. The zero-order valence-electron chi connectivity index (χ0n) is 10.5. The maximum atomic E-state index is 13.3. The molecule has 6 heteroatoms. The van der Waals surface area contributed by atoms with Crippen molar-refractivity contribution in [3.8, 4) is 0 Å². The third-order valence-electron chi connectivity index (χ3n) is 2.10. The number of halogens is 3. The molecular formula is C12H18F2IN3. The maximum Gasteiger partial charge on any atom is 0.191 e.